The molecule has 0 saturated carbocycles. The normalized spacial score (nSPS) is 15.7. The summed E-state index contributed by atoms with van der Waals surface area (Å²) in [5.41, 5.74) is 2.15. The summed E-state index contributed by atoms with van der Waals surface area (Å²) in [5, 5.41) is 0. The Kier molecular flexibility index (Phi) is 4.58. The van der Waals surface area contributed by atoms with Crippen LogP contribution in [0, 0.1) is 11.3 Å². The van der Waals surface area contributed by atoms with Gasteiger partial charge in [-0.15, -0.1) is 0 Å². The summed E-state index contributed by atoms with van der Waals surface area (Å²) in [7, 11) is 0. The number of carbonyl (C=O) groups is 1. The van der Waals surface area contributed by atoms with E-state index in [9.17, 15) is 4.79 Å². The first-order chi connectivity index (χ1) is 9.26. The topological polar surface area (TPSA) is 26.3 Å². The third kappa shape index (κ3) is 3.85. The monoisotopic (exact) mass is 338 g/mol. The van der Waals surface area contributed by atoms with E-state index in [0.29, 0.717) is 18.9 Å². The third-order valence-electron chi connectivity index (χ3n) is 3.54. The lowest BCUT2D eigenvalue weighted by Crippen LogP contribution is -2.15. The lowest BCUT2D eigenvalue weighted by molar-refractivity contribution is 0.0951. The van der Waals surface area contributed by atoms with E-state index < -0.39 is 0 Å². The van der Waals surface area contributed by atoms with E-state index in [4.69, 9.17) is 4.74 Å². The predicted molar refractivity (Wildman–Crippen MR) is 85.5 cm³/mol. The van der Waals surface area contributed by atoms with Gasteiger partial charge in [-0.3, -0.25) is 4.79 Å². The van der Waals surface area contributed by atoms with E-state index in [-0.39, 0.29) is 11.2 Å². The molecule has 1 aliphatic rings. The largest absolute Gasteiger partial charge is 0.492 e. The molecule has 1 atom stereocenters. The first-order valence-electron chi connectivity index (χ1n) is 7.25. The van der Waals surface area contributed by atoms with Gasteiger partial charge in [-0.25, -0.2) is 0 Å². The van der Waals surface area contributed by atoms with Crippen LogP contribution >= 0.6 is 15.9 Å². The Morgan fingerprint density at radius 1 is 1.40 bits per heavy atom. The average molecular weight is 339 g/mol. The summed E-state index contributed by atoms with van der Waals surface area (Å²) >= 11 is 3.49. The smallest absolute Gasteiger partial charge is 0.166 e. The number of hydrogen-bond donors (Lipinski definition) is 0. The summed E-state index contributed by atoms with van der Waals surface area (Å²) in [4.78, 5) is 12.6. The minimum Gasteiger partial charge on any atom is -0.492 e. The van der Waals surface area contributed by atoms with E-state index in [1.807, 2.05) is 6.07 Å². The Bertz CT molecular complexity index is 514. The molecule has 0 saturated heterocycles. The summed E-state index contributed by atoms with van der Waals surface area (Å²) < 4.78 is 6.61. The first kappa shape index (κ1) is 15.6. The Labute approximate surface area is 130 Å². The van der Waals surface area contributed by atoms with Crippen molar-refractivity contribution in [3.05, 3.63) is 27.7 Å². The van der Waals surface area contributed by atoms with Crippen molar-refractivity contribution in [3.8, 4) is 5.75 Å². The highest BCUT2D eigenvalue weighted by molar-refractivity contribution is 9.10. The van der Waals surface area contributed by atoms with Crippen LogP contribution in [0.15, 0.2) is 16.6 Å². The van der Waals surface area contributed by atoms with Crippen molar-refractivity contribution in [2.24, 2.45) is 11.3 Å². The fraction of sp³-hybridized carbons (Fsp3) is 0.588. The van der Waals surface area contributed by atoms with Crippen LogP contribution in [0.4, 0.5) is 0 Å². The molecule has 1 heterocycles. The number of Topliss-reactive ketones (excluding diaryl/α,β-unsaturated/α-hetero) is 1. The minimum atomic E-state index is 0.196. The molecule has 0 radical (unpaired) electrons. The number of carbonyl (C=O) groups excluding carboxylic acids is 1. The lowest BCUT2D eigenvalue weighted by atomic mass is 9.83. The van der Waals surface area contributed by atoms with Gasteiger partial charge >= 0.3 is 0 Å². The van der Waals surface area contributed by atoms with Crippen molar-refractivity contribution in [3.63, 3.8) is 0 Å². The molecule has 0 bridgehead atoms. The van der Waals surface area contributed by atoms with E-state index in [1.54, 1.807) is 0 Å². The zero-order valence-corrected chi connectivity index (χ0v) is 14.3. The average Bonchev–Trinajstić information content (AvgIpc) is 2.72. The van der Waals surface area contributed by atoms with E-state index in [0.717, 1.165) is 34.2 Å². The standard InChI is InChI=1S/C17H23BrO2/c1-11(10-17(2,3)4)7-15(19)14-9-13(18)8-12-5-6-20-16(12)14/h8-9,11H,5-7,10H2,1-4H3. The molecule has 110 valence electrons. The Hall–Kier alpha value is -0.830. The molecule has 1 aliphatic heterocycles. The second-order valence-electron chi connectivity index (χ2n) is 7.04. The molecular formula is C17H23BrO2. The molecule has 2 rings (SSSR count). The van der Waals surface area contributed by atoms with Gasteiger partial charge in [-0.05, 0) is 35.4 Å². The highest BCUT2D eigenvalue weighted by Crippen LogP contribution is 2.35. The van der Waals surface area contributed by atoms with Gasteiger partial charge in [0.1, 0.15) is 5.75 Å². The maximum Gasteiger partial charge on any atom is 0.166 e. The Morgan fingerprint density at radius 3 is 2.75 bits per heavy atom. The summed E-state index contributed by atoms with van der Waals surface area (Å²) in [6.45, 7) is 9.49. The number of rotatable bonds is 4. The number of fused-ring (bicyclic) bond motifs is 1. The molecule has 1 aromatic rings. The first-order valence-corrected chi connectivity index (χ1v) is 8.04. The zero-order chi connectivity index (χ0) is 14.9. The van der Waals surface area contributed by atoms with E-state index >= 15 is 0 Å². The maximum atomic E-state index is 12.6. The highest BCUT2D eigenvalue weighted by Gasteiger charge is 2.24. The lowest BCUT2D eigenvalue weighted by Gasteiger charge is -2.23. The van der Waals surface area contributed by atoms with Gasteiger partial charge < -0.3 is 4.74 Å². The van der Waals surface area contributed by atoms with Crippen molar-refractivity contribution in [1.29, 1.82) is 0 Å². The molecule has 1 unspecified atom stereocenters. The van der Waals surface area contributed by atoms with Crippen molar-refractivity contribution < 1.29 is 9.53 Å². The van der Waals surface area contributed by atoms with E-state index in [1.165, 1.54) is 0 Å². The third-order valence-corrected chi connectivity index (χ3v) is 4.00. The molecule has 20 heavy (non-hydrogen) atoms. The molecule has 3 heteroatoms. The second-order valence-corrected chi connectivity index (χ2v) is 7.95. The molecule has 0 N–H and O–H groups in total. The van der Waals surface area contributed by atoms with Crippen LogP contribution in [0.3, 0.4) is 0 Å². The molecule has 2 nitrogen and oxygen atoms in total. The van der Waals surface area contributed by atoms with Gasteiger partial charge in [0.25, 0.3) is 0 Å². The quantitative estimate of drug-likeness (QED) is 0.719. The fourth-order valence-electron chi connectivity index (χ4n) is 3.02. The van der Waals surface area contributed by atoms with Crippen molar-refractivity contribution in [1.82, 2.24) is 0 Å². The summed E-state index contributed by atoms with van der Waals surface area (Å²) in [6, 6.07) is 3.95. The molecule has 0 spiro atoms. The predicted octanol–water partition coefficient (Wildman–Crippen LogP) is 5.03. The minimum absolute atomic E-state index is 0.196. The van der Waals surface area contributed by atoms with Crippen LogP contribution in [-0.4, -0.2) is 12.4 Å². The molecule has 1 aromatic carbocycles. The second kappa shape index (κ2) is 5.88. The van der Waals surface area contributed by atoms with Crippen molar-refractivity contribution in [2.45, 2.75) is 47.0 Å². The number of ether oxygens (including phenoxy) is 1. The van der Waals surface area contributed by atoms with Crippen molar-refractivity contribution >= 4 is 21.7 Å². The van der Waals surface area contributed by atoms with Crippen molar-refractivity contribution in [2.75, 3.05) is 6.61 Å². The van der Waals surface area contributed by atoms with E-state index in [2.05, 4.69) is 49.7 Å². The Balaban J connectivity index is 2.14. The number of hydrogen-bond acceptors (Lipinski definition) is 2. The maximum absolute atomic E-state index is 12.6. The van der Waals surface area contributed by atoms with Crippen LogP contribution in [0.1, 0.15) is 56.5 Å². The van der Waals surface area contributed by atoms with Gasteiger partial charge in [0.05, 0.1) is 12.2 Å². The molecule has 0 aromatic heterocycles. The highest BCUT2D eigenvalue weighted by atomic mass is 79.9. The van der Waals surface area contributed by atoms with Crippen LogP contribution < -0.4 is 4.74 Å². The summed E-state index contributed by atoms with van der Waals surface area (Å²) in [5.74, 6) is 1.39. The van der Waals surface area contributed by atoms with Gasteiger partial charge in [0.15, 0.2) is 5.78 Å². The van der Waals surface area contributed by atoms with Crippen LogP contribution in [-0.2, 0) is 6.42 Å². The van der Waals surface area contributed by atoms with Crippen LogP contribution in [0.2, 0.25) is 0 Å². The molecule has 0 amide bonds. The number of ketones is 1. The molecule has 0 fully saturated rings. The van der Waals surface area contributed by atoms with Crippen LogP contribution in [0.25, 0.3) is 0 Å². The van der Waals surface area contributed by atoms with Gasteiger partial charge in [0, 0.05) is 17.3 Å². The van der Waals surface area contributed by atoms with Gasteiger partial charge in [-0.1, -0.05) is 43.6 Å². The molecule has 0 aliphatic carbocycles. The fourth-order valence-corrected chi connectivity index (χ4v) is 3.53. The number of benzene rings is 1. The van der Waals surface area contributed by atoms with Gasteiger partial charge in [0.2, 0.25) is 0 Å². The zero-order valence-electron chi connectivity index (χ0n) is 12.8. The van der Waals surface area contributed by atoms with Crippen LogP contribution in [0.5, 0.6) is 5.75 Å². The van der Waals surface area contributed by atoms with Gasteiger partial charge in [-0.2, -0.15) is 0 Å². The summed E-state index contributed by atoms with van der Waals surface area (Å²) in [6.07, 6.45) is 2.53. The number of halogens is 1. The molecular weight excluding hydrogens is 316 g/mol. The Morgan fingerprint density at radius 2 is 2.10 bits per heavy atom. The SMILES string of the molecule is CC(CC(=O)c1cc(Br)cc2c1OCC2)CC(C)(C)C.